The summed E-state index contributed by atoms with van der Waals surface area (Å²) in [5.74, 6) is -1.01. The molecular weight excluding hydrogens is 476 g/mol. The molecule has 0 aliphatic heterocycles. The van der Waals surface area contributed by atoms with Crippen LogP contribution in [0.5, 0.6) is 5.75 Å². The number of aromatic hydroxyl groups is 1. The van der Waals surface area contributed by atoms with Crippen LogP contribution in [-0.2, 0) is 27.7 Å². The smallest absolute Gasteiger partial charge is 0.328 e. The quantitative estimate of drug-likeness (QED) is 0.297. The van der Waals surface area contributed by atoms with E-state index in [9.17, 15) is 18.3 Å². The first-order valence-electron chi connectivity index (χ1n) is 11.7. The van der Waals surface area contributed by atoms with Crippen LogP contribution in [0.1, 0.15) is 34.7 Å². The third kappa shape index (κ3) is 4.65. The van der Waals surface area contributed by atoms with Crippen molar-refractivity contribution in [3.05, 3.63) is 101 Å². The standard InChI is InChI=1S/C28H26N2O5S/c31-22-8-10-23(11-9-22)36(34,35)30(16-15-21-18-29-26-4-2-1-3-24(21)26)27-13-7-20-17-19(5-12-25(20)27)6-14-28(32)33/h1-6,8-12,14,17-18,27,29,31H,7,13,15-16H2,(H,32,33)/b14-6+. The molecule has 5 rings (SSSR count). The average molecular weight is 503 g/mol. The Morgan fingerprint density at radius 3 is 2.64 bits per heavy atom. The molecule has 8 heteroatoms. The second-order valence-corrected chi connectivity index (χ2v) is 10.8. The van der Waals surface area contributed by atoms with Crippen LogP contribution >= 0.6 is 0 Å². The molecule has 0 bridgehead atoms. The number of carbonyl (C=O) groups is 1. The molecular formula is C28H26N2O5S. The van der Waals surface area contributed by atoms with E-state index >= 15 is 0 Å². The minimum absolute atomic E-state index is 0.00690. The number of benzene rings is 3. The zero-order valence-corrected chi connectivity index (χ0v) is 20.3. The fourth-order valence-electron chi connectivity index (χ4n) is 4.95. The van der Waals surface area contributed by atoms with Gasteiger partial charge in [0.1, 0.15) is 5.75 Å². The van der Waals surface area contributed by atoms with Crippen LogP contribution < -0.4 is 0 Å². The van der Waals surface area contributed by atoms with Crippen molar-refractivity contribution in [1.29, 1.82) is 0 Å². The molecule has 1 atom stereocenters. The Kier molecular flexibility index (Phi) is 6.38. The van der Waals surface area contributed by atoms with Crippen molar-refractivity contribution in [2.75, 3.05) is 6.54 Å². The van der Waals surface area contributed by atoms with Gasteiger partial charge in [-0.3, -0.25) is 0 Å². The van der Waals surface area contributed by atoms with Crippen LogP contribution in [0.2, 0.25) is 0 Å². The molecule has 7 nitrogen and oxygen atoms in total. The zero-order valence-electron chi connectivity index (χ0n) is 19.5. The summed E-state index contributed by atoms with van der Waals surface area (Å²) in [6, 6.07) is 18.9. The van der Waals surface area contributed by atoms with Gasteiger partial charge >= 0.3 is 5.97 Å². The number of phenols is 1. The molecule has 4 aromatic rings. The van der Waals surface area contributed by atoms with E-state index in [1.165, 1.54) is 30.3 Å². The number of carboxylic acid groups (broad SMARTS) is 1. The lowest BCUT2D eigenvalue weighted by molar-refractivity contribution is -0.131. The van der Waals surface area contributed by atoms with E-state index in [0.29, 0.717) is 19.3 Å². The predicted molar refractivity (Wildman–Crippen MR) is 138 cm³/mol. The fraction of sp³-hybridized carbons (Fsp3) is 0.179. The summed E-state index contributed by atoms with van der Waals surface area (Å²) < 4.78 is 29.3. The number of rotatable bonds is 8. The third-order valence-electron chi connectivity index (χ3n) is 6.70. The van der Waals surface area contributed by atoms with Gasteiger partial charge in [0.15, 0.2) is 0 Å². The highest BCUT2D eigenvalue weighted by Crippen LogP contribution is 2.39. The molecule has 0 saturated carbocycles. The van der Waals surface area contributed by atoms with Crippen molar-refractivity contribution in [2.45, 2.75) is 30.2 Å². The van der Waals surface area contributed by atoms with E-state index < -0.39 is 16.0 Å². The van der Waals surface area contributed by atoms with Gasteiger partial charge < -0.3 is 15.2 Å². The third-order valence-corrected chi connectivity index (χ3v) is 8.62. The summed E-state index contributed by atoms with van der Waals surface area (Å²) in [4.78, 5) is 14.3. The maximum Gasteiger partial charge on any atom is 0.328 e. The van der Waals surface area contributed by atoms with Crippen LogP contribution in [-0.4, -0.2) is 40.4 Å². The van der Waals surface area contributed by atoms with Crippen molar-refractivity contribution in [2.24, 2.45) is 0 Å². The van der Waals surface area contributed by atoms with Crippen LogP contribution in [0.3, 0.4) is 0 Å². The number of nitrogens with one attached hydrogen (secondary N) is 1. The highest BCUT2D eigenvalue weighted by atomic mass is 32.2. The van der Waals surface area contributed by atoms with E-state index in [1.807, 2.05) is 48.7 Å². The average Bonchev–Trinajstić information content (AvgIpc) is 3.47. The number of fused-ring (bicyclic) bond motifs is 2. The van der Waals surface area contributed by atoms with Crippen molar-refractivity contribution in [3.63, 3.8) is 0 Å². The minimum atomic E-state index is -3.86. The highest BCUT2D eigenvalue weighted by molar-refractivity contribution is 7.89. The highest BCUT2D eigenvalue weighted by Gasteiger charge is 2.36. The molecule has 1 aromatic heterocycles. The van der Waals surface area contributed by atoms with Crippen molar-refractivity contribution in [3.8, 4) is 5.75 Å². The van der Waals surface area contributed by atoms with Gasteiger partial charge in [-0.2, -0.15) is 4.31 Å². The SMILES string of the molecule is O=C(O)/C=C/c1ccc2c(c1)CCC2N(CCc1c[nH]c2ccccc12)S(=O)(=O)c1ccc(O)cc1. The topological polar surface area (TPSA) is 111 Å². The maximum atomic E-state index is 13.9. The normalized spacial score (nSPS) is 15.6. The second kappa shape index (κ2) is 9.64. The largest absolute Gasteiger partial charge is 0.508 e. The number of carboxylic acids is 1. The van der Waals surface area contributed by atoms with Gasteiger partial charge in [0.25, 0.3) is 0 Å². The molecule has 0 radical (unpaired) electrons. The summed E-state index contributed by atoms with van der Waals surface area (Å²) >= 11 is 0. The number of hydrogen-bond acceptors (Lipinski definition) is 4. The Labute approximate surface area is 209 Å². The van der Waals surface area contributed by atoms with Gasteiger partial charge in [0, 0.05) is 29.7 Å². The lowest BCUT2D eigenvalue weighted by Crippen LogP contribution is -2.35. The van der Waals surface area contributed by atoms with Gasteiger partial charge in [-0.1, -0.05) is 36.4 Å². The van der Waals surface area contributed by atoms with Crippen molar-refractivity contribution in [1.82, 2.24) is 9.29 Å². The maximum absolute atomic E-state index is 13.9. The van der Waals surface area contributed by atoms with E-state index in [4.69, 9.17) is 5.11 Å². The fourth-order valence-corrected chi connectivity index (χ4v) is 6.59. The number of nitrogens with zero attached hydrogens (tertiary/aromatic N) is 1. The molecule has 36 heavy (non-hydrogen) atoms. The predicted octanol–water partition coefficient (Wildman–Crippen LogP) is 4.89. The zero-order chi connectivity index (χ0) is 25.3. The second-order valence-electron chi connectivity index (χ2n) is 8.90. The van der Waals surface area contributed by atoms with Gasteiger partial charge in [-0.25, -0.2) is 13.2 Å². The number of aromatic nitrogens is 1. The summed E-state index contributed by atoms with van der Waals surface area (Å²) in [6.45, 7) is 0.288. The molecule has 1 aliphatic carbocycles. The molecule has 3 N–H and O–H groups in total. The van der Waals surface area contributed by atoms with Crippen LogP contribution in [0, 0.1) is 0 Å². The Bertz CT molecular complexity index is 1550. The summed E-state index contributed by atoms with van der Waals surface area (Å²) in [6.07, 6.45) is 6.43. The Hall–Kier alpha value is -3.88. The van der Waals surface area contributed by atoms with Crippen LogP contribution in [0.4, 0.5) is 0 Å². The number of aliphatic carboxylic acids is 1. The molecule has 1 heterocycles. The molecule has 0 saturated heterocycles. The number of aryl methyl sites for hydroxylation is 1. The van der Waals surface area contributed by atoms with Gasteiger partial charge in [-0.15, -0.1) is 0 Å². The Morgan fingerprint density at radius 1 is 1.08 bits per heavy atom. The first-order chi connectivity index (χ1) is 17.3. The number of sulfonamides is 1. The summed E-state index contributed by atoms with van der Waals surface area (Å²) in [7, 11) is -3.86. The molecule has 1 unspecified atom stereocenters. The van der Waals surface area contributed by atoms with E-state index in [2.05, 4.69) is 4.98 Å². The molecule has 0 fully saturated rings. The number of phenolic OH excluding ortho intramolecular Hbond substituents is 1. The summed E-state index contributed by atoms with van der Waals surface area (Å²) in [5, 5.41) is 19.7. The number of hydrogen-bond donors (Lipinski definition) is 3. The van der Waals surface area contributed by atoms with Crippen molar-refractivity contribution < 1.29 is 23.4 Å². The minimum Gasteiger partial charge on any atom is -0.508 e. The molecule has 1 aliphatic rings. The molecule has 0 amide bonds. The van der Waals surface area contributed by atoms with Crippen LogP contribution in [0.25, 0.3) is 17.0 Å². The number of aromatic amines is 1. The van der Waals surface area contributed by atoms with E-state index in [0.717, 1.165) is 39.2 Å². The van der Waals surface area contributed by atoms with E-state index in [-0.39, 0.29) is 23.2 Å². The van der Waals surface area contributed by atoms with Crippen LogP contribution in [0.15, 0.2) is 83.9 Å². The number of para-hydroxylation sites is 1. The van der Waals surface area contributed by atoms with Gasteiger partial charge in [-0.05, 0) is 77.9 Å². The van der Waals surface area contributed by atoms with E-state index in [1.54, 1.807) is 4.31 Å². The van der Waals surface area contributed by atoms with Crippen molar-refractivity contribution >= 4 is 33.0 Å². The molecule has 184 valence electrons. The molecule has 3 aromatic carbocycles. The number of H-pyrrole nitrogens is 1. The molecule has 0 spiro atoms. The van der Waals surface area contributed by atoms with Gasteiger partial charge in [0.2, 0.25) is 10.0 Å². The lowest BCUT2D eigenvalue weighted by atomic mass is 10.0. The first-order valence-corrected chi connectivity index (χ1v) is 13.2. The van der Waals surface area contributed by atoms with Gasteiger partial charge in [0.05, 0.1) is 10.9 Å². The monoisotopic (exact) mass is 502 g/mol. The lowest BCUT2D eigenvalue weighted by Gasteiger charge is -2.29. The summed E-state index contributed by atoms with van der Waals surface area (Å²) in [5.41, 5.74) is 4.77. The first kappa shape index (κ1) is 23.8. The Morgan fingerprint density at radius 2 is 1.86 bits per heavy atom. The Balaban J connectivity index is 1.50.